The molecule has 2 amide bonds. The maximum Gasteiger partial charge on any atom is 0.270 e. The van der Waals surface area contributed by atoms with Crippen LogP contribution in [0.15, 0.2) is 40.9 Å². The first-order valence-electron chi connectivity index (χ1n) is 8.88. The number of nitro benzene ring substituents is 1. The monoisotopic (exact) mass is 384 g/mol. The Morgan fingerprint density at radius 1 is 1.32 bits per heavy atom. The van der Waals surface area contributed by atoms with Gasteiger partial charge in [-0.3, -0.25) is 19.7 Å². The lowest BCUT2D eigenvalue weighted by atomic mass is 9.96. The van der Waals surface area contributed by atoms with Crippen LogP contribution in [0.4, 0.5) is 11.5 Å². The third-order valence-corrected chi connectivity index (χ3v) is 4.56. The third kappa shape index (κ3) is 4.81. The van der Waals surface area contributed by atoms with Gasteiger partial charge in [0, 0.05) is 43.3 Å². The summed E-state index contributed by atoms with van der Waals surface area (Å²) in [6, 6.07) is 7.72. The Kier molecular flexibility index (Phi) is 5.83. The minimum absolute atomic E-state index is 0.0243. The molecule has 0 radical (unpaired) electrons. The summed E-state index contributed by atoms with van der Waals surface area (Å²) in [6.45, 7) is 2.68. The summed E-state index contributed by atoms with van der Waals surface area (Å²) in [5.41, 5.74) is 0.559. The minimum atomic E-state index is -0.477. The van der Waals surface area contributed by atoms with Gasteiger partial charge in [-0.05, 0) is 31.4 Å². The molecule has 1 aromatic carbocycles. The Labute approximate surface area is 161 Å². The molecule has 0 aliphatic carbocycles. The van der Waals surface area contributed by atoms with Crippen molar-refractivity contribution in [3.05, 3.63) is 57.8 Å². The number of likely N-dealkylation sites (tertiary alicyclic amines) is 1. The fraction of sp³-hybridized carbons (Fsp3) is 0.316. The molecule has 1 N–H and O–H groups in total. The number of rotatable bonds is 5. The molecule has 1 fully saturated rings. The molecule has 1 aliphatic heterocycles. The number of non-ortho nitro benzene ring substituents is 1. The van der Waals surface area contributed by atoms with E-state index in [0.29, 0.717) is 43.1 Å². The Bertz CT molecular complexity index is 913. The molecule has 2 aromatic rings. The quantitative estimate of drug-likeness (QED) is 0.481. The Hall–Kier alpha value is -3.49. The van der Waals surface area contributed by atoms with Gasteiger partial charge in [0.15, 0.2) is 5.82 Å². The average Bonchev–Trinajstić information content (AvgIpc) is 3.11. The van der Waals surface area contributed by atoms with Crippen molar-refractivity contribution in [1.82, 2.24) is 10.1 Å². The number of piperidine rings is 1. The van der Waals surface area contributed by atoms with E-state index in [1.54, 1.807) is 36.1 Å². The summed E-state index contributed by atoms with van der Waals surface area (Å²) < 4.78 is 4.92. The standard InChI is InChI=1S/C19H20N4O5/c1-13-11-17(21-28-13)20-19(25)15-7-9-22(10-8-15)18(24)6-5-14-3-2-4-16(12-14)23(26)27/h2-6,11-12,15H,7-10H2,1H3,(H,20,21,25)/b6-5+. The molecule has 9 nitrogen and oxygen atoms in total. The molecular weight excluding hydrogens is 364 g/mol. The van der Waals surface area contributed by atoms with Crippen molar-refractivity contribution in [2.24, 2.45) is 5.92 Å². The van der Waals surface area contributed by atoms with Gasteiger partial charge in [0.1, 0.15) is 5.76 Å². The predicted octanol–water partition coefficient (Wildman–Crippen LogP) is 2.78. The Balaban J connectivity index is 1.51. The van der Waals surface area contributed by atoms with Gasteiger partial charge in [0.2, 0.25) is 11.8 Å². The van der Waals surface area contributed by atoms with Gasteiger partial charge in [0.25, 0.3) is 5.69 Å². The van der Waals surface area contributed by atoms with Crippen LogP contribution < -0.4 is 5.32 Å². The summed E-state index contributed by atoms with van der Waals surface area (Å²) in [4.78, 5) is 36.6. The lowest BCUT2D eigenvalue weighted by Crippen LogP contribution is -2.40. The van der Waals surface area contributed by atoms with E-state index in [1.807, 2.05) is 0 Å². The van der Waals surface area contributed by atoms with E-state index in [0.717, 1.165) is 0 Å². The van der Waals surface area contributed by atoms with E-state index < -0.39 is 4.92 Å². The second-order valence-electron chi connectivity index (χ2n) is 6.60. The van der Waals surface area contributed by atoms with E-state index in [4.69, 9.17) is 4.52 Å². The molecule has 9 heteroatoms. The van der Waals surface area contributed by atoms with Crippen molar-refractivity contribution in [2.45, 2.75) is 19.8 Å². The number of carbonyl (C=O) groups excluding carboxylic acids is 2. The molecule has 1 saturated heterocycles. The number of hydrogen-bond acceptors (Lipinski definition) is 6. The number of anilines is 1. The largest absolute Gasteiger partial charge is 0.360 e. The number of nitro groups is 1. The predicted molar refractivity (Wildman–Crippen MR) is 101 cm³/mol. The number of benzene rings is 1. The topological polar surface area (TPSA) is 119 Å². The number of amides is 2. The number of nitrogens with zero attached hydrogens (tertiary/aromatic N) is 3. The number of aromatic nitrogens is 1. The van der Waals surface area contributed by atoms with E-state index in [9.17, 15) is 19.7 Å². The van der Waals surface area contributed by atoms with Crippen molar-refractivity contribution in [3.8, 4) is 0 Å². The number of hydrogen-bond donors (Lipinski definition) is 1. The van der Waals surface area contributed by atoms with Crippen LogP contribution in [-0.4, -0.2) is 39.9 Å². The molecule has 28 heavy (non-hydrogen) atoms. The van der Waals surface area contributed by atoms with E-state index in [2.05, 4.69) is 10.5 Å². The molecule has 0 atom stereocenters. The van der Waals surface area contributed by atoms with Crippen LogP contribution in [0.2, 0.25) is 0 Å². The van der Waals surface area contributed by atoms with Crippen molar-refractivity contribution >= 4 is 29.4 Å². The van der Waals surface area contributed by atoms with Gasteiger partial charge in [-0.2, -0.15) is 0 Å². The zero-order valence-electron chi connectivity index (χ0n) is 15.3. The van der Waals surface area contributed by atoms with Crippen molar-refractivity contribution in [3.63, 3.8) is 0 Å². The highest BCUT2D eigenvalue weighted by Crippen LogP contribution is 2.20. The van der Waals surface area contributed by atoms with E-state index >= 15 is 0 Å². The summed E-state index contributed by atoms with van der Waals surface area (Å²) >= 11 is 0. The lowest BCUT2D eigenvalue weighted by molar-refractivity contribution is -0.384. The maximum atomic E-state index is 12.3. The molecule has 0 bridgehead atoms. The smallest absolute Gasteiger partial charge is 0.270 e. The van der Waals surface area contributed by atoms with Gasteiger partial charge in [-0.15, -0.1) is 0 Å². The van der Waals surface area contributed by atoms with Crippen LogP contribution in [0.25, 0.3) is 6.08 Å². The van der Waals surface area contributed by atoms with Crippen LogP contribution in [-0.2, 0) is 9.59 Å². The third-order valence-electron chi connectivity index (χ3n) is 4.56. The normalized spacial score (nSPS) is 15.0. The molecule has 1 aromatic heterocycles. The van der Waals surface area contributed by atoms with Crippen molar-refractivity contribution in [1.29, 1.82) is 0 Å². The number of nitrogens with one attached hydrogen (secondary N) is 1. The molecular formula is C19H20N4O5. The summed E-state index contributed by atoms with van der Waals surface area (Å²) in [6.07, 6.45) is 4.07. The zero-order chi connectivity index (χ0) is 20.1. The first kappa shape index (κ1) is 19.3. The molecule has 1 aliphatic rings. The Morgan fingerprint density at radius 3 is 2.71 bits per heavy atom. The highest BCUT2D eigenvalue weighted by molar-refractivity contribution is 5.93. The van der Waals surface area contributed by atoms with E-state index in [1.165, 1.54) is 18.2 Å². The number of aryl methyl sites for hydroxylation is 1. The average molecular weight is 384 g/mol. The van der Waals surface area contributed by atoms with Crippen LogP contribution in [0.1, 0.15) is 24.2 Å². The van der Waals surface area contributed by atoms with Crippen LogP contribution in [0, 0.1) is 23.0 Å². The molecule has 0 spiro atoms. The molecule has 0 unspecified atom stereocenters. The minimum Gasteiger partial charge on any atom is -0.360 e. The SMILES string of the molecule is Cc1cc(NC(=O)C2CCN(C(=O)/C=C/c3cccc([N+](=O)[O-])c3)CC2)no1. The Morgan fingerprint density at radius 2 is 2.07 bits per heavy atom. The fourth-order valence-electron chi connectivity index (χ4n) is 3.03. The van der Waals surface area contributed by atoms with Gasteiger partial charge in [-0.1, -0.05) is 17.3 Å². The van der Waals surface area contributed by atoms with Crippen LogP contribution in [0.3, 0.4) is 0 Å². The fourth-order valence-corrected chi connectivity index (χ4v) is 3.03. The van der Waals surface area contributed by atoms with Gasteiger partial charge >= 0.3 is 0 Å². The lowest BCUT2D eigenvalue weighted by Gasteiger charge is -2.30. The summed E-state index contributed by atoms with van der Waals surface area (Å²) in [5.74, 6) is 0.499. The summed E-state index contributed by atoms with van der Waals surface area (Å²) in [5, 5.41) is 17.3. The first-order valence-corrected chi connectivity index (χ1v) is 8.88. The molecule has 3 rings (SSSR count). The highest BCUT2D eigenvalue weighted by atomic mass is 16.6. The van der Waals surface area contributed by atoms with Gasteiger partial charge in [-0.25, -0.2) is 0 Å². The maximum absolute atomic E-state index is 12.3. The van der Waals surface area contributed by atoms with Crippen molar-refractivity contribution < 1.29 is 19.0 Å². The van der Waals surface area contributed by atoms with E-state index in [-0.39, 0.29) is 23.4 Å². The summed E-state index contributed by atoms with van der Waals surface area (Å²) in [7, 11) is 0. The van der Waals surface area contributed by atoms with Crippen LogP contribution in [0.5, 0.6) is 0 Å². The van der Waals surface area contributed by atoms with Crippen molar-refractivity contribution in [2.75, 3.05) is 18.4 Å². The highest BCUT2D eigenvalue weighted by Gasteiger charge is 2.27. The van der Waals surface area contributed by atoms with Crippen LogP contribution >= 0.6 is 0 Å². The zero-order valence-corrected chi connectivity index (χ0v) is 15.3. The molecule has 0 saturated carbocycles. The second-order valence-corrected chi connectivity index (χ2v) is 6.60. The second kappa shape index (κ2) is 8.47. The number of carbonyl (C=O) groups is 2. The first-order chi connectivity index (χ1) is 13.4. The molecule has 2 heterocycles. The van der Waals surface area contributed by atoms with Gasteiger partial charge in [0.05, 0.1) is 4.92 Å². The van der Waals surface area contributed by atoms with Gasteiger partial charge < -0.3 is 14.7 Å². The molecule has 146 valence electrons.